The molecule has 1 aliphatic rings. The molecule has 1 fully saturated rings. The van der Waals surface area contributed by atoms with Crippen LogP contribution in [0.4, 0.5) is 5.82 Å². The van der Waals surface area contributed by atoms with E-state index in [1.54, 1.807) is 10.6 Å². The number of carboxylic acid groups (broad SMARTS) is 1. The molecule has 0 aliphatic heterocycles. The summed E-state index contributed by atoms with van der Waals surface area (Å²) in [6, 6.07) is 5.98. The molecule has 0 atom stereocenters. The van der Waals surface area contributed by atoms with Gasteiger partial charge in [-0.15, -0.1) is 0 Å². The van der Waals surface area contributed by atoms with Crippen LogP contribution in [0.25, 0.3) is 5.65 Å². The largest absolute Gasteiger partial charge is 0.476 e. The highest BCUT2D eigenvalue weighted by Gasteiger charge is 2.28. The van der Waals surface area contributed by atoms with Crippen LogP contribution < -0.4 is 4.90 Å². The topological polar surface area (TPSA) is 57.8 Å². The summed E-state index contributed by atoms with van der Waals surface area (Å²) in [6.45, 7) is 2.86. The third-order valence-electron chi connectivity index (χ3n) is 4.34. The first-order chi connectivity index (χ1) is 10.2. The van der Waals surface area contributed by atoms with Crippen LogP contribution in [0.3, 0.4) is 0 Å². The van der Waals surface area contributed by atoms with Crippen molar-refractivity contribution in [2.24, 2.45) is 0 Å². The average molecular weight is 287 g/mol. The van der Waals surface area contributed by atoms with Gasteiger partial charge >= 0.3 is 5.97 Å². The first kappa shape index (κ1) is 13.9. The lowest BCUT2D eigenvalue weighted by Crippen LogP contribution is -2.37. The fraction of sp³-hybridized carbons (Fsp3) is 0.500. The fourth-order valence-electron chi connectivity index (χ4n) is 3.36. The number of nitrogens with zero attached hydrogens (tertiary/aromatic N) is 3. The van der Waals surface area contributed by atoms with Crippen molar-refractivity contribution in [1.82, 2.24) is 9.38 Å². The fourth-order valence-corrected chi connectivity index (χ4v) is 3.36. The zero-order chi connectivity index (χ0) is 14.8. The SMILES string of the molecule is CCN(c1nc2ccccn2c1C(=O)O)C1CCCCC1. The molecule has 0 bridgehead atoms. The van der Waals surface area contributed by atoms with Crippen LogP contribution in [0.2, 0.25) is 0 Å². The first-order valence-corrected chi connectivity index (χ1v) is 7.69. The number of rotatable bonds is 4. The van der Waals surface area contributed by atoms with E-state index in [9.17, 15) is 9.90 Å². The summed E-state index contributed by atoms with van der Waals surface area (Å²) >= 11 is 0. The van der Waals surface area contributed by atoms with E-state index in [-0.39, 0.29) is 5.69 Å². The molecule has 1 saturated carbocycles. The van der Waals surface area contributed by atoms with Crippen LogP contribution in [-0.2, 0) is 0 Å². The number of aromatic carboxylic acids is 1. The monoisotopic (exact) mass is 287 g/mol. The molecule has 2 aromatic rings. The molecule has 5 nitrogen and oxygen atoms in total. The van der Waals surface area contributed by atoms with Gasteiger partial charge in [-0.3, -0.25) is 4.40 Å². The molecule has 0 radical (unpaired) electrons. The quantitative estimate of drug-likeness (QED) is 0.938. The molecular weight excluding hydrogens is 266 g/mol. The molecule has 0 unspecified atom stereocenters. The van der Waals surface area contributed by atoms with Crippen molar-refractivity contribution >= 4 is 17.4 Å². The Morgan fingerprint density at radius 2 is 2.14 bits per heavy atom. The van der Waals surface area contributed by atoms with Gasteiger partial charge in [-0.1, -0.05) is 25.3 Å². The average Bonchev–Trinajstić information content (AvgIpc) is 2.88. The standard InChI is InChI=1S/C16H21N3O2/c1-2-18(12-8-4-3-5-9-12)15-14(16(20)21)19-11-7-6-10-13(19)17-15/h6-7,10-12H,2-5,8-9H2,1H3,(H,20,21). The van der Waals surface area contributed by atoms with Gasteiger partial charge in [0, 0.05) is 18.8 Å². The number of hydrogen-bond donors (Lipinski definition) is 1. The minimum Gasteiger partial charge on any atom is -0.476 e. The van der Waals surface area contributed by atoms with Crippen LogP contribution in [0, 0.1) is 0 Å². The van der Waals surface area contributed by atoms with Crippen LogP contribution in [0.5, 0.6) is 0 Å². The number of pyridine rings is 1. The zero-order valence-electron chi connectivity index (χ0n) is 12.3. The van der Waals surface area contributed by atoms with E-state index in [1.165, 1.54) is 19.3 Å². The number of aromatic nitrogens is 2. The minimum atomic E-state index is -0.919. The minimum absolute atomic E-state index is 0.276. The normalized spacial score (nSPS) is 16.2. The maximum Gasteiger partial charge on any atom is 0.356 e. The molecule has 112 valence electrons. The second kappa shape index (κ2) is 5.76. The smallest absolute Gasteiger partial charge is 0.356 e. The van der Waals surface area contributed by atoms with E-state index in [0.29, 0.717) is 17.5 Å². The lowest BCUT2D eigenvalue weighted by Gasteiger charge is -2.34. The van der Waals surface area contributed by atoms with Crippen LogP contribution in [-0.4, -0.2) is 33.0 Å². The van der Waals surface area contributed by atoms with Gasteiger partial charge < -0.3 is 10.0 Å². The van der Waals surface area contributed by atoms with Crippen molar-refractivity contribution in [2.75, 3.05) is 11.4 Å². The molecule has 0 spiro atoms. The maximum atomic E-state index is 11.7. The molecule has 2 heterocycles. The molecule has 3 rings (SSSR count). The highest BCUT2D eigenvalue weighted by Crippen LogP contribution is 2.29. The lowest BCUT2D eigenvalue weighted by atomic mass is 9.94. The van der Waals surface area contributed by atoms with Gasteiger partial charge in [0.1, 0.15) is 5.65 Å². The number of fused-ring (bicyclic) bond motifs is 1. The second-order valence-corrected chi connectivity index (χ2v) is 5.60. The van der Waals surface area contributed by atoms with Crippen LogP contribution in [0.1, 0.15) is 49.5 Å². The van der Waals surface area contributed by atoms with E-state index in [1.807, 2.05) is 18.2 Å². The molecule has 1 aliphatic carbocycles. The third-order valence-corrected chi connectivity index (χ3v) is 4.34. The highest BCUT2D eigenvalue weighted by atomic mass is 16.4. The molecule has 2 aromatic heterocycles. The molecule has 0 amide bonds. The summed E-state index contributed by atoms with van der Waals surface area (Å²) in [6.07, 6.45) is 7.74. The van der Waals surface area contributed by atoms with Crippen LogP contribution in [0.15, 0.2) is 24.4 Å². The van der Waals surface area contributed by atoms with E-state index in [2.05, 4.69) is 16.8 Å². The van der Waals surface area contributed by atoms with Crippen molar-refractivity contribution in [3.8, 4) is 0 Å². The Morgan fingerprint density at radius 1 is 1.38 bits per heavy atom. The molecular formula is C16H21N3O2. The Labute approximate surface area is 124 Å². The van der Waals surface area contributed by atoms with Crippen LogP contribution >= 0.6 is 0 Å². The van der Waals surface area contributed by atoms with Gasteiger partial charge in [-0.05, 0) is 31.9 Å². The second-order valence-electron chi connectivity index (χ2n) is 5.60. The van der Waals surface area contributed by atoms with Crippen molar-refractivity contribution < 1.29 is 9.90 Å². The number of carbonyl (C=O) groups is 1. The van der Waals surface area contributed by atoms with Gasteiger partial charge in [0.25, 0.3) is 0 Å². The molecule has 0 saturated heterocycles. The predicted molar refractivity (Wildman–Crippen MR) is 82.0 cm³/mol. The van der Waals surface area contributed by atoms with Crippen molar-refractivity contribution in [3.63, 3.8) is 0 Å². The summed E-state index contributed by atoms with van der Waals surface area (Å²) in [5.74, 6) is -0.305. The number of carboxylic acids is 1. The highest BCUT2D eigenvalue weighted by molar-refractivity contribution is 5.93. The molecule has 21 heavy (non-hydrogen) atoms. The Hall–Kier alpha value is -2.04. The summed E-state index contributed by atoms with van der Waals surface area (Å²) in [5, 5.41) is 9.61. The third kappa shape index (κ3) is 2.48. The summed E-state index contributed by atoms with van der Waals surface area (Å²) in [4.78, 5) is 18.5. The predicted octanol–water partition coefficient (Wildman–Crippen LogP) is 3.19. The molecule has 0 aromatic carbocycles. The summed E-state index contributed by atoms with van der Waals surface area (Å²) in [7, 11) is 0. The Balaban J connectivity index is 2.08. The van der Waals surface area contributed by atoms with Gasteiger partial charge in [0.05, 0.1) is 0 Å². The Morgan fingerprint density at radius 3 is 2.81 bits per heavy atom. The lowest BCUT2D eigenvalue weighted by molar-refractivity contribution is 0.0690. The molecule has 5 heteroatoms. The Kier molecular flexibility index (Phi) is 3.82. The van der Waals surface area contributed by atoms with E-state index < -0.39 is 5.97 Å². The number of anilines is 1. The summed E-state index contributed by atoms with van der Waals surface area (Å²) < 4.78 is 1.67. The van der Waals surface area contributed by atoms with E-state index in [0.717, 1.165) is 19.4 Å². The molecule has 1 N–H and O–H groups in total. The summed E-state index contributed by atoms with van der Waals surface area (Å²) in [5.41, 5.74) is 0.970. The van der Waals surface area contributed by atoms with E-state index >= 15 is 0 Å². The van der Waals surface area contributed by atoms with Crippen molar-refractivity contribution in [3.05, 3.63) is 30.1 Å². The Bertz CT molecular complexity index is 644. The zero-order valence-corrected chi connectivity index (χ0v) is 12.3. The maximum absolute atomic E-state index is 11.7. The first-order valence-electron chi connectivity index (χ1n) is 7.69. The van der Waals surface area contributed by atoms with Crippen molar-refractivity contribution in [2.45, 2.75) is 45.1 Å². The number of imidazole rings is 1. The van der Waals surface area contributed by atoms with E-state index in [4.69, 9.17) is 0 Å². The van der Waals surface area contributed by atoms with Gasteiger partial charge in [0.15, 0.2) is 11.5 Å². The van der Waals surface area contributed by atoms with Gasteiger partial charge in [0.2, 0.25) is 0 Å². The van der Waals surface area contributed by atoms with Gasteiger partial charge in [-0.25, -0.2) is 9.78 Å². The van der Waals surface area contributed by atoms with Gasteiger partial charge in [-0.2, -0.15) is 0 Å². The number of hydrogen-bond acceptors (Lipinski definition) is 3. The van der Waals surface area contributed by atoms with Crippen molar-refractivity contribution in [1.29, 1.82) is 0 Å².